The van der Waals surface area contributed by atoms with E-state index in [1.165, 1.54) is 0 Å². The van der Waals surface area contributed by atoms with Crippen LogP contribution in [0.2, 0.25) is 0 Å². The zero-order chi connectivity index (χ0) is 13.5. The minimum atomic E-state index is -0.745. The van der Waals surface area contributed by atoms with E-state index in [-0.39, 0.29) is 11.8 Å². The first-order valence-electron chi connectivity index (χ1n) is 6.30. The van der Waals surface area contributed by atoms with Crippen molar-refractivity contribution in [1.29, 1.82) is 0 Å². The Morgan fingerprint density at radius 3 is 2.84 bits per heavy atom. The molecule has 0 saturated heterocycles. The fraction of sp³-hybridized carbons (Fsp3) is 0.333. The molecule has 0 radical (unpaired) electrons. The molecule has 1 aliphatic carbocycles. The Hall–Kier alpha value is -2.10. The zero-order valence-electron chi connectivity index (χ0n) is 10.7. The highest BCUT2D eigenvalue weighted by Gasteiger charge is 2.47. The van der Waals surface area contributed by atoms with E-state index in [9.17, 15) is 4.79 Å². The predicted octanol–water partition coefficient (Wildman–Crippen LogP) is 2.75. The molecular weight excluding hydrogens is 242 g/mol. The number of carboxylic acid groups (broad SMARTS) is 1. The quantitative estimate of drug-likeness (QED) is 0.914. The molecule has 0 atom stereocenters. The van der Waals surface area contributed by atoms with Crippen molar-refractivity contribution < 1.29 is 14.6 Å². The number of fused-ring (bicyclic) bond motifs is 1. The summed E-state index contributed by atoms with van der Waals surface area (Å²) in [5.74, 6) is -0.0177. The Morgan fingerprint density at radius 2 is 2.21 bits per heavy atom. The third-order valence-corrected chi connectivity index (χ3v) is 3.87. The Kier molecular flexibility index (Phi) is 2.66. The van der Waals surface area contributed by atoms with E-state index in [0.29, 0.717) is 0 Å². The van der Waals surface area contributed by atoms with Crippen LogP contribution in [0.25, 0.3) is 10.9 Å². The molecule has 1 aromatic heterocycles. The van der Waals surface area contributed by atoms with Crippen molar-refractivity contribution in [2.24, 2.45) is 0 Å². The van der Waals surface area contributed by atoms with Crippen LogP contribution < -0.4 is 4.74 Å². The molecule has 1 fully saturated rings. The van der Waals surface area contributed by atoms with Crippen molar-refractivity contribution in [3.63, 3.8) is 0 Å². The van der Waals surface area contributed by atoms with Gasteiger partial charge in [-0.1, -0.05) is 12.1 Å². The maximum Gasteiger partial charge on any atom is 0.304 e. The molecule has 19 heavy (non-hydrogen) atoms. The summed E-state index contributed by atoms with van der Waals surface area (Å²) in [6.07, 6.45) is 3.76. The molecule has 0 spiro atoms. The van der Waals surface area contributed by atoms with Crippen molar-refractivity contribution in [3.8, 4) is 5.75 Å². The molecule has 3 rings (SSSR count). The molecule has 2 aromatic rings. The number of aromatic nitrogens is 1. The first-order chi connectivity index (χ1) is 9.16. The number of pyridine rings is 1. The molecular formula is C15H15NO3. The fourth-order valence-corrected chi connectivity index (χ4v) is 2.76. The SMILES string of the molecule is COc1ccc(C2(CC(=O)O)CC2)c2cccnc12. The maximum atomic E-state index is 11.0. The predicted molar refractivity (Wildman–Crippen MR) is 71.5 cm³/mol. The summed E-state index contributed by atoms with van der Waals surface area (Å²) in [7, 11) is 1.62. The normalized spacial score (nSPS) is 16.3. The summed E-state index contributed by atoms with van der Waals surface area (Å²) in [6.45, 7) is 0. The van der Waals surface area contributed by atoms with Crippen LogP contribution >= 0.6 is 0 Å². The lowest BCUT2D eigenvalue weighted by atomic mass is 9.89. The van der Waals surface area contributed by atoms with E-state index in [2.05, 4.69) is 4.98 Å². The van der Waals surface area contributed by atoms with Crippen LogP contribution in [0.15, 0.2) is 30.5 Å². The van der Waals surface area contributed by atoms with E-state index in [1.54, 1.807) is 13.3 Å². The van der Waals surface area contributed by atoms with Crippen LogP contribution in [0.5, 0.6) is 5.75 Å². The fourth-order valence-electron chi connectivity index (χ4n) is 2.76. The number of nitrogens with zero attached hydrogens (tertiary/aromatic N) is 1. The summed E-state index contributed by atoms with van der Waals surface area (Å²) in [6, 6.07) is 7.73. The second-order valence-corrected chi connectivity index (χ2v) is 5.07. The molecule has 1 heterocycles. The average Bonchev–Trinajstić information content (AvgIpc) is 3.17. The number of carbonyl (C=O) groups is 1. The van der Waals surface area contributed by atoms with Crippen molar-refractivity contribution in [1.82, 2.24) is 4.98 Å². The van der Waals surface area contributed by atoms with Crippen LogP contribution in [0, 0.1) is 0 Å². The molecule has 0 amide bonds. The van der Waals surface area contributed by atoms with Gasteiger partial charge < -0.3 is 9.84 Å². The molecule has 4 nitrogen and oxygen atoms in total. The number of aliphatic carboxylic acids is 1. The molecule has 0 bridgehead atoms. The minimum absolute atomic E-state index is 0.184. The summed E-state index contributed by atoms with van der Waals surface area (Å²) in [4.78, 5) is 15.4. The third-order valence-electron chi connectivity index (χ3n) is 3.87. The average molecular weight is 257 g/mol. The Balaban J connectivity index is 2.18. The van der Waals surface area contributed by atoms with Gasteiger partial charge in [0.1, 0.15) is 11.3 Å². The Bertz CT molecular complexity index is 647. The highest BCUT2D eigenvalue weighted by molar-refractivity contribution is 5.89. The zero-order valence-corrected chi connectivity index (χ0v) is 10.7. The lowest BCUT2D eigenvalue weighted by Gasteiger charge is -2.17. The summed E-state index contributed by atoms with van der Waals surface area (Å²) in [5.41, 5.74) is 1.68. The molecule has 1 aliphatic rings. The van der Waals surface area contributed by atoms with Gasteiger partial charge in [-0.3, -0.25) is 9.78 Å². The first-order valence-corrected chi connectivity index (χ1v) is 6.30. The Morgan fingerprint density at radius 1 is 1.42 bits per heavy atom. The van der Waals surface area contributed by atoms with E-state index in [0.717, 1.165) is 35.1 Å². The second-order valence-electron chi connectivity index (χ2n) is 5.07. The van der Waals surface area contributed by atoms with E-state index in [4.69, 9.17) is 9.84 Å². The first kappa shape index (κ1) is 12.0. The van der Waals surface area contributed by atoms with Crippen LogP contribution in [0.1, 0.15) is 24.8 Å². The number of hydrogen-bond acceptors (Lipinski definition) is 3. The second kappa shape index (κ2) is 4.23. The molecule has 0 unspecified atom stereocenters. The number of ether oxygens (including phenoxy) is 1. The lowest BCUT2D eigenvalue weighted by molar-refractivity contribution is -0.137. The smallest absolute Gasteiger partial charge is 0.304 e. The molecule has 1 saturated carbocycles. The summed E-state index contributed by atoms with van der Waals surface area (Å²) in [5, 5.41) is 10.1. The third kappa shape index (κ3) is 1.93. The van der Waals surface area contributed by atoms with E-state index >= 15 is 0 Å². The molecule has 1 N–H and O–H groups in total. The summed E-state index contributed by atoms with van der Waals surface area (Å²) < 4.78 is 5.32. The van der Waals surface area contributed by atoms with Crippen molar-refractivity contribution in [2.75, 3.05) is 7.11 Å². The Labute approximate surface area is 111 Å². The lowest BCUT2D eigenvalue weighted by Crippen LogP contribution is -2.13. The molecule has 1 aromatic carbocycles. The standard InChI is InChI=1S/C15H15NO3/c1-19-12-5-4-11(10-3-2-8-16-14(10)12)15(6-7-15)9-13(17)18/h2-5,8H,6-7,9H2,1H3,(H,17,18). The van der Waals surface area contributed by atoms with Crippen molar-refractivity contribution in [2.45, 2.75) is 24.7 Å². The number of rotatable bonds is 4. The monoisotopic (exact) mass is 257 g/mol. The number of hydrogen-bond donors (Lipinski definition) is 1. The van der Waals surface area contributed by atoms with Crippen molar-refractivity contribution in [3.05, 3.63) is 36.0 Å². The maximum absolute atomic E-state index is 11.0. The number of benzene rings is 1. The van der Waals surface area contributed by atoms with Gasteiger partial charge >= 0.3 is 5.97 Å². The van der Waals surface area contributed by atoms with Gasteiger partial charge in [0.15, 0.2) is 0 Å². The van der Waals surface area contributed by atoms with Gasteiger partial charge in [-0.25, -0.2) is 0 Å². The van der Waals surface area contributed by atoms with Gasteiger partial charge in [0, 0.05) is 17.0 Å². The van der Waals surface area contributed by atoms with E-state index < -0.39 is 5.97 Å². The van der Waals surface area contributed by atoms with E-state index in [1.807, 2.05) is 24.3 Å². The van der Waals surface area contributed by atoms with Crippen LogP contribution in [0.3, 0.4) is 0 Å². The van der Waals surface area contributed by atoms with Gasteiger partial charge in [-0.2, -0.15) is 0 Å². The van der Waals surface area contributed by atoms with Gasteiger partial charge in [0.25, 0.3) is 0 Å². The minimum Gasteiger partial charge on any atom is -0.494 e. The highest BCUT2D eigenvalue weighted by Crippen LogP contribution is 2.53. The summed E-state index contributed by atoms with van der Waals surface area (Å²) >= 11 is 0. The van der Waals surface area contributed by atoms with Gasteiger partial charge in [-0.05, 0) is 30.5 Å². The topological polar surface area (TPSA) is 59.4 Å². The molecule has 0 aliphatic heterocycles. The molecule has 4 heteroatoms. The van der Waals surface area contributed by atoms with Gasteiger partial charge in [0.05, 0.1) is 13.5 Å². The van der Waals surface area contributed by atoms with Gasteiger partial charge in [0.2, 0.25) is 0 Å². The van der Waals surface area contributed by atoms with Crippen molar-refractivity contribution >= 4 is 16.9 Å². The van der Waals surface area contributed by atoms with Crippen LogP contribution in [-0.4, -0.2) is 23.2 Å². The van der Waals surface area contributed by atoms with Gasteiger partial charge in [-0.15, -0.1) is 0 Å². The van der Waals surface area contributed by atoms with Crippen LogP contribution in [-0.2, 0) is 10.2 Å². The molecule has 98 valence electrons. The largest absolute Gasteiger partial charge is 0.494 e. The number of carboxylic acids is 1. The highest BCUT2D eigenvalue weighted by atomic mass is 16.5. The number of methoxy groups -OCH3 is 1. The van der Waals surface area contributed by atoms with Crippen LogP contribution in [0.4, 0.5) is 0 Å².